The first-order valence-corrected chi connectivity index (χ1v) is 6.78. The lowest BCUT2D eigenvalue weighted by atomic mass is 10.00. The van der Waals surface area contributed by atoms with E-state index in [1.165, 1.54) is 11.6 Å². The zero-order valence-electron chi connectivity index (χ0n) is 11.1. The van der Waals surface area contributed by atoms with Gasteiger partial charge >= 0.3 is 0 Å². The maximum absolute atomic E-state index is 13.2. The molecule has 0 amide bonds. The second kappa shape index (κ2) is 6.18. The summed E-state index contributed by atoms with van der Waals surface area (Å²) in [7, 11) is 0. The Morgan fingerprint density at radius 3 is 2.58 bits per heavy atom. The average molecular weight is 278 g/mol. The van der Waals surface area contributed by atoms with Crippen LogP contribution in [0, 0.1) is 5.82 Å². The van der Waals surface area contributed by atoms with Crippen molar-refractivity contribution in [3.05, 3.63) is 58.9 Å². The number of hydrogen-bond donors (Lipinski definition) is 1. The topological polar surface area (TPSA) is 12.0 Å². The average Bonchev–Trinajstić information content (AvgIpc) is 2.42. The summed E-state index contributed by atoms with van der Waals surface area (Å²) >= 11 is 5.83. The first-order chi connectivity index (χ1) is 9.11. The Hall–Kier alpha value is -1.38. The third-order valence-corrected chi connectivity index (χ3v) is 3.44. The SMILES string of the molecule is CCNC(C)c1cccc(-c2ccc(F)c(Cl)c2)c1. The van der Waals surface area contributed by atoms with Gasteiger partial charge in [0.05, 0.1) is 5.02 Å². The lowest BCUT2D eigenvalue weighted by Crippen LogP contribution is -2.17. The van der Waals surface area contributed by atoms with Gasteiger partial charge in [0.1, 0.15) is 5.82 Å². The van der Waals surface area contributed by atoms with Gasteiger partial charge in [-0.25, -0.2) is 4.39 Å². The maximum atomic E-state index is 13.2. The maximum Gasteiger partial charge on any atom is 0.141 e. The van der Waals surface area contributed by atoms with Crippen molar-refractivity contribution < 1.29 is 4.39 Å². The largest absolute Gasteiger partial charge is 0.310 e. The minimum absolute atomic E-state index is 0.155. The molecule has 0 saturated heterocycles. The van der Waals surface area contributed by atoms with Crippen molar-refractivity contribution in [2.24, 2.45) is 0 Å². The normalized spacial score (nSPS) is 12.4. The molecule has 2 aromatic rings. The first-order valence-electron chi connectivity index (χ1n) is 6.40. The summed E-state index contributed by atoms with van der Waals surface area (Å²) in [6, 6.07) is 13.3. The molecule has 19 heavy (non-hydrogen) atoms. The van der Waals surface area contributed by atoms with Crippen LogP contribution in [-0.4, -0.2) is 6.54 Å². The molecule has 3 heteroatoms. The number of hydrogen-bond acceptors (Lipinski definition) is 1. The highest BCUT2D eigenvalue weighted by atomic mass is 35.5. The fourth-order valence-corrected chi connectivity index (χ4v) is 2.27. The third-order valence-electron chi connectivity index (χ3n) is 3.15. The number of halogens is 2. The molecule has 2 aromatic carbocycles. The van der Waals surface area contributed by atoms with Crippen molar-refractivity contribution >= 4 is 11.6 Å². The summed E-state index contributed by atoms with van der Waals surface area (Å²) in [5.74, 6) is -0.386. The molecule has 1 unspecified atom stereocenters. The second-order valence-electron chi connectivity index (χ2n) is 4.53. The van der Waals surface area contributed by atoms with Crippen LogP contribution in [0.3, 0.4) is 0 Å². The predicted octanol–water partition coefficient (Wildman–Crippen LogP) is 4.82. The van der Waals surface area contributed by atoms with Gasteiger partial charge in [-0.3, -0.25) is 0 Å². The van der Waals surface area contributed by atoms with Crippen LogP contribution in [0.25, 0.3) is 11.1 Å². The molecule has 0 heterocycles. The van der Waals surface area contributed by atoms with E-state index in [9.17, 15) is 4.39 Å². The number of benzene rings is 2. The summed E-state index contributed by atoms with van der Waals surface area (Å²) in [6.07, 6.45) is 0. The van der Waals surface area contributed by atoms with Gasteiger partial charge < -0.3 is 5.32 Å². The molecule has 1 nitrogen and oxygen atoms in total. The summed E-state index contributed by atoms with van der Waals surface area (Å²) in [5, 5.41) is 3.53. The van der Waals surface area contributed by atoms with Gasteiger partial charge in [0.15, 0.2) is 0 Å². The van der Waals surface area contributed by atoms with Crippen LogP contribution in [0.4, 0.5) is 4.39 Å². The second-order valence-corrected chi connectivity index (χ2v) is 4.94. The Morgan fingerprint density at radius 1 is 1.16 bits per heavy atom. The zero-order valence-corrected chi connectivity index (χ0v) is 11.8. The molecule has 1 atom stereocenters. The Balaban J connectivity index is 2.34. The Kier molecular flexibility index (Phi) is 4.56. The van der Waals surface area contributed by atoms with Crippen LogP contribution < -0.4 is 5.32 Å². The van der Waals surface area contributed by atoms with E-state index in [1.54, 1.807) is 12.1 Å². The van der Waals surface area contributed by atoms with Gasteiger partial charge in [0, 0.05) is 6.04 Å². The zero-order chi connectivity index (χ0) is 13.8. The van der Waals surface area contributed by atoms with Crippen molar-refractivity contribution in [3.8, 4) is 11.1 Å². The first kappa shape index (κ1) is 14.0. The van der Waals surface area contributed by atoms with Crippen molar-refractivity contribution in [2.45, 2.75) is 19.9 Å². The molecule has 0 saturated carbocycles. The summed E-state index contributed by atoms with van der Waals surface area (Å²) in [5.41, 5.74) is 3.18. The van der Waals surface area contributed by atoms with Crippen LogP contribution in [-0.2, 0) is 0 Å². The lowest BCUT2D eigenvalue weighted by Gasteiger charge is -2.14. The molecule has 0 aliphatic carbocycles. The van der Waals surface area contributed by atoms with Crippen molar-refractivity contribution in [1.29, 1.82) is 0 Å². The predicted molar refractivity (Wildman–Crippen MR) is 78.9 cm³/mol. The van der Waals surface area contributed by atoms with E-state index in [1.807, 2.05) is 12.1 Å². The minimum atomic E-state index is -0.386. The molecule has 0 fully saturated rings. The highest BCUT2D eigenvalue weighted by molar-refractivity contribution is 6.31. The quantitative estimate of drug-likeness (QED) is 0.845. The van der Waals surface area contributed by atoms with Crippen molar-refractivity contribution in [3.63, 3.8) is 0 Å². The fourth-order valence-electron chi connectivity index (χ4n) is 2.09. The number of nitrogens with one attached hydrogen (secondary N) is 1. The lowest BCUT2D eigenvalue weighted by molar-refractivity contribution is 0.598. The molecule has 0 bridgehead atoms. The van der Waals surface area contributed by atoms with Crippen LogP contribution in [0.15, 0.2) is 42.5 Å². The van der Waals surface area contributed by atoms with E-state index in [2.05, 4.69) is 31.3 Å². The molecule has 0 radical (unpaired) electrons. The van der Waals surface area contributed by atoms with Crippen molar-refractivity contribution in [1.82, 2.24) is 5.32 Å². The molecule has 1 N–H and O–H groups in total. The van der Waals surface area contributed by atoms with Gasteiger partial charge in [-0.05, 0) is 48.4 Å². The monoisotopic (exact) mass is 277 g/mol. The van der Waals surface area contributed by atoms with Gasteiger partial charge in [-0.1, -0.05) is 42.8 Å². The summed E-state index contributed by atoms with van der Waals surface area (Å²) in [4.78, 5) is 0. The smallest absolute Gasteiger partial charge is 0.141 e. The van der Waals surface area contributed by atoms with Gasteiger partial charge in [-0.2, -0.15) is 0 Å². The van der Waals surface area contributed by atoms with Crippen molar-refractivity contribution in [2.75, 3.05) is 6.54 Å². The van der Waals surface area contributed by atoms with E-state index in [4.69, 9.17) is 11.6 Å². The highest BCUT2D eigenvalue weighted by Crippen LogP contribution is 2.26. The van der Waals surface area contributed by atoms with Crippen LogP contribution in [0.2, 0.25) is 5.02 Å². The Bertz CT molecular complexity index is 568. The van der Waals surface area contributed by atoms with Gasteiger partial charge in [0.25, 0.3) is 0 Å². The molecule has 0 spiro atoms. The van der Waals surface area contributed by atoms with Crippen LogP contribution in [0.5, 0.6) is 0 Å². The van der Waals surface area contributed by atoms with Gasteiger partial charge in [-0.15, -0.1) is 0 Å². The minimum Gasteiger partial charge on any atom is -0.310 e. The molecule has 0 aliphatic heterocycles. The van der Waals surface area contributed by atoms with E-state index in [0.717, 1.165) is 17.7 Å². The highest BCUT2D eigenvalue weighted by Gasteiger charge is 2.07. The van der Waals surface area contributed by atoms with Crippen LogP contribution in [0.1, 0.15) is 25.5 Å². The molecular formula is C16H17ClFN. The molecular weight excluding hydrogens is 261 g/mol. The summed E-state index contributed by atoms with van der Waals surface area (Å²) in [6.45, 7) is 5.13. The van der Waals surface area contributed by atoms with E-state index >= 15 is 0 Å². The molecule has 100 valence electrons. The Morgan fingerprint density at radius 2 is 1.89 bits per heavy atom. The van der Waals surface area contributed by atoms with Gasteiger partial charge in [0.2, 0.25) is 0 Å². The third kappa shape index (κ3) is 3.34. The van der Waals surface area contributed by atoms with E-state index < -0.39 is 0 Å². The Labute approximate surface area is 118 Å². The number of rotatable bonds is 4. The standard InChI is InChI=1S/C16H17ClFN/c1-3-19-11(2)12-5-4-6-13(9-12)14-7-8-16(18)15(17)10-14/h4-11,19H,3H2,1-2H3. The molecule has 2 rings (SSSR count). The van der Waals surface area contributed by atoms with E-state index in [0.29, 0.717) is 6.04 Å². The van der Waals surface area contributed by atoms with E-state index in [-0.39, 0.29) is 10.8 Å². The summed E-state index contributed by atoms with van der Waals surface area (Å²) < 4.78 is 13.2. The molecule has 0 aliphatic rings. The van der Waals surface area contributed by atoms with Crippen LogP contribution >= 0.6 is 11.6 Å². The fraction of sp³-hybridized carbons (Fsp3) is 0.250. The molecule has 0 aromatic heterocycles.